The molecule has 1 aliphatic rings. The molecule has 128 valence electrons. The summed E-state index contributed by atoms with van der Waals surface area (Å²) < 4.78 is 0. The lowest BCUT2D eigenvalue weighted by Crippen LogP contribution is -2.43. The van der Waals surface area contributed by atoms with E-state index in [-0.39, 0.29) is 5.91 Å². The molecule has 1 aromatic carbocycles. The van der Waals surface area contributed by atoms with Crippen molar-refractivity contribution in [3.8, 4) is 0 Å². The summed E-state index contributed by atoms with van der Waals surface area (Å²) in [7, 11) is 0. The van der Waals surface area contributed by atoms with E-state index in [1.807, 2.05) is 4.90 Å². The van der Waals surface area contributed by atoms with E-state index in [0.29, 0.717) is 17.6 Å². The average molecular weight is 343 g/mol. The number of thioether (sulfide) groups is 1. The van der Waals surface area contributed by atoms with Crippen LogP contribution < -0.4 is 0 Å². The van der Waals surface area contributed by atoms with Gasteiger partial charge in [-0.1, -0.05) is 43.8 Å². The number of hydrogen-bond donors (Lipinski definition) is 0. The minimum absolute atomic E-state index is 0.239. The average Bonchev–Trinajstić information content (AvgIpc) is 2.52. The Balaban J connectivity index is 1.71. The molecule has 2 atom stereocenters. The Morgan fingerprint density at radius 2 is 1.92 bits per heavy atom. The third kappa shape index (κ3) is 3.75. The van der Waals surface area contributed by atoms with E-state index in [4.69, 9.17) is 4.98 Å². The molecular weight excluding hydrogens is 316 g/mol. The molecule has 0 N–H and O–H groups in total. The predicted octanol–water partition coefficient (Wildman–Crippen LogP) is 4.45. The molecule has 0 bridgehead atoms. The lowest BCUT2D eigenvalue weighted by molar-refractivity contribution is -0.130. The minimum atomic E-state index is 0.239. The van der Waals surface area contributed by atoms with E-state index >= 15 is 0 Å². The lowest BCUT2D eigenvalue weighted by Gasteiger charge is -2.35. The van der Waals surface area contributed by atoms with Crippen LogP contribution in [0.4, 0.5) is 0 Å². The summed E-state index contributed by atoms with van der Waals surface area (Å²) in [6.07, 6.45) is 1.22. The van der Waals surface area contributed by atoms with Gasteiger partial charge in [-0.15, -0.1) is 0 Å². The van der Waals surface area contributed by atoms with Crippen LogP contribution in [0.25, 0.3) is 10.9 Å². The fourth-order valence-electron chi connectivity index (χ4n) is 3.70. The number of carbonyl (C=O) groups is 1. The van der Waals surface area contributed by atoms with Crippen LogP contribution in [0, 0.1) is 25.7 Å². The third-order valence-electron chi connectivity index (χ3n) is 4.79. The first-order valence-corrected chi connectivity index (χ1v) is 9.70. The highest BCUT2D eigenvalue weighted by molar-refractivity contribution is 7.99. The van der Waals surface area contributed by atoms with Gasteiger partial charge in [-0.2, -0.15) is 0 Å². The van der Waals surface area contributed by atoms with E-state index in [9.17, 15) is 4.79 Å². The lowest BCUT2D eigenvalue weighted by atomic mass is 9.92. The molecule has 1 aromatic heterocycles. The summed E-state index contributed by atoms with van der Waals surface area (Å²) in [5.74, 6) is 1.92. The van der Waals surface area contributed by atoms with E-state index in [2.05, 4.69) is 52.0 Å². The number of carbonyl (C=O) groups excluding carboxylic acids is 1. The van der Waals surface area contributed by atoms with Crippen molar-refractivity contribution in [2.75, 3.05) is 18.8 Å². The van der Waals surface area contributed by atoms with Crippen molar-refractivity contribution in [3.05, 3.63) is 35.4 Å². The first-order chi connectivity index (χ1) is 11.4. The van der Waals surface area contributed by atoms with Crippen LogP contribution in [0.5, 0.6) is 0 Å². The van der Waals surface area contributed by atoms with Gasteiger partial charge in [0.05, 0.1) is 16.3 Å². The number of likely N-dealkylation sites (tertiary alicyclic amines) is 1. The summed E-state index contributed by atoms with van der Waals surface area (Å²) in [6.45, 7) is 10.5. The molecule has 2 aromatic rings. The number of fused-ring (bicyclic) bond motifs is 1. The number of amides is 1. The SMILES string of the molecule is Cc1cc(SCC(=O)N2C[C@H](C)C[C@H](C)C2)nc2c(C)cccc12. The standard InChI is InChI=1S/C20H26N2OS/c1-13-8-14(2)11-22(10-13)19(23)12-24-18-9-16(4)17-7-5-6-15(3)20(17)21-18/h5-7,9,13-14H,8,10-12H2,1-4H3/t13-,14+. The number of aryl methyl sites for hydroxylation is 2. The number of piperidine rings is 1. The monoisotopic (exact) mass is 342 g/mol. The molecule has 4 heteroatoms. The molecule has 3 nitrogen and oxygen atoms in total. The van der Waals surface area contributed by atoms with Crippen molar-refractivity contribution >= 4 is 28.6 Å². The van der Waals surface area contributed by atoms with Crippen molar-refractivity contribution in [1.29, 1.82) is 0 Å². The highest BCUT2D eigenvalue weighted by Gasteiger charge is 2.25. The highest BCUT2D eigenvalue weighted by Crippen LogP contribution is 2.27. The first kappa shape index (κ1) is 17.3. The molecule has 3 rings (SSSR count). The normalized spacial score (nSPS) is 21.2. The van der Waals surface area contributed by atoms with Crippen LogP contribution in [0.3, 0.4) is 0 Å². The Kier molecular flexibility index (Phi) is 5.14. The van der Waals surface area contributed by atoms with Crippen molar-refractivity contribution < 1.29 is 4.79 Å². The van der Waals surface area contributed by atoms with E-state index < -0.39 is 0 Å². The highest BCUT2D eigenvalue weighted by atomic mass is 32.2. The zero-order valence-corrected chi connectivity index (χ0v) is 15.8. The number of pyridine rings is 1. The zero-order chi connectivity index (χ0) is 17.3. The Bertz CT molecular complexity index is 749. The summed E-state index contributed by atoms with van der Waals surface area (Å²) in [4.78, 5) is 19.4. The van der Waals surface area contributed by atoms with Crippen molar-refractivity contribution in [3.63, 3.8) is 0 Å². The summed E-state index contributed by atoms with van der Waals surface area (Å²) in [6, 6.07) is 8.37. The predicted molar refractivity (Wildman–Crippen MR) is 101 cm³/mol. The second-order valence-electron chi connectivity index (χ2n) is 7.28. The maximum atomic E-state index is 12.6. The van der Waals surface area contributed by atoms with Gasteiger partial charge in [0.1, 0.15) is 0 Å². The molecule has 2 heterocycles. The second-order valence-corrected chi connectivity index (χ2v) is 8.28. The van der Waals surface area contributed by atoms with E-state index in [0.717, 1.165) is 23.6 Å². The van der Waals surface area contributed by atoms with Gasteiger partial charge < -0.3 is 4.90 Å². The fourth-order valence-corrected chi connectivity index (χ4v) is 4.57. The Morgan fingerprint density at radius 3 is 2.62 bits per heavy atom. The van der Waals surface area contributed by atoms with Gasteiger partial charge in [-0.3, -0.25) is 4.79 Å². The Labute approximate surface area is 148 Å². The van der Waals surface area contributed by atoms with E-state index in [1.165, 1.54) is 22.9 Å². The molecule has 0 saturated carbocycles. The molecular formula is C20H26N2OS. The van der Waals surface area contributed by atoms with Gasteiger partial charge in [-0.25, -0.2) is 4.98 Å². The molecule has 1 amide bonds. The van der Waals surface area contributed by atoms with Crippen LogP contribution >= 0.6 is 11.8 Å². The molecule has 0 spiro atoms. The summed E-state index contributed by atoms with van der Waals surface area (Å²) >= 11 is 1.56. The molecule has 0 unspecified atom stereocenters. The second kappa shape index (κ2) is 7.14. The Hall–Kier alpha value is -1.55. The summed E-state index contributed by atoms with van der Waals surface area (Å²) in [5.41, 5.74) is 3.45. The Morgan fingerprint density at radius 1 is 1.21 bits per heavy atom. The number of aromatic nitrogens is 1. The van der Waals surface area contributed by atoms with Crippen LogP contribution in [0.1, 0.15) is 31.4 Å². The van der Waals surface area contributed by atoms with Crippen LogP contribution in [0.2, 0.25) is 0 Å². The number of para-hydroxylation sites is 1. The van der Waals surface area contributed by atoms with Crippen molar-refractivity contribution in [1.82, 2.24) is 9.88 Å². The molecule has 1 saturated heterocycles. The maximum absolute atomic E-state index is 12.6. The van der Waals surface area contributed by atoms with Gasteiger partial charge in [0, 0.05) is 18.5 Å². The third-order valence-corrected chi connectivity index (χ3v) is 5.69. The molecule has 0 aliphatic carbocycles. The first-order valence-electron chi connectivity index (χ1n) is 8.71. The number of benzene rings is 1. The molecule has 24 heavy (non-hydrogen) atoms. The van der Waals surface area contributed by atoms with Crippen LogP contribution in [-0.4, -0.2) is 34.6 Å². The fraction of sp³-hybridized carbons (Fsp3) is 0.500. The molecule has 1 aliphatic heterocycles. The van der Waals surface area contributed by atoms with Crippen molar-refractivity contribution in [2.24, 2.45) is 11.8 Å². The zero-order valence-electron chi connectivity index (χ0n) is 15.0. The number of nitrogens with zero attached hydrogens (tertiary/aromatic N) is 2. The largest absolute Gasteiger partial charge is 0.341 e. The minimum Gasteiger partial charge on any atom is -0.341 e. The van der Waals surface area contributed by atoms with Gasteiger partial charge >= 0.3 is 0 Å². The van der Waals surface area contributed by atoms with Crippen molar-refractivity contribution in [2.45, 2.75) is 39.1 Å². The van der Waals surface area contributed by atoms with Gasteiger partial charge in [0.15, 0.2) is 0 Å². The van der Waals surface area contributed by atoms with E-state index in [1.54, 1.807) is 11.8 Å². The smallest absolute Gasteiger partial charge is 0.233 e. The van der Waals surface area contributed by atoms with Gasteiger partial charge in [0.2, 0.25) is 5.91 Å². The quantitative estimate of drug-likeness (QED) is 0.773. The number of rotatable bonds is 3. The van der Waals surface area contributed by atoms with Crippen LogP contribution in [-0.2, 0) is 4.79 Å². The van der Waals surface area contributed by atoms with Gasteiger partial charge in [0.25, 0.3) is 0 Å². The van der Waals surface area contributed by atoms with Crippen LogP contribution in [0.15, 0.2) is 29.3 Å². The molecule has 1 fully saturated rings. The molecule has 0 radical (unpaired) electrons. The topological polar surface area (TPSA) is 33.2 Å². The summed E-state index contributed by atoms with van der Waals surface area (Å²) in [5, 5.41) is 2.14. The maximum Gasteiger partial charge on any atom is 0.233 e. The van der Waals surface area contributed by atoms with Gasteiger partial charge in [-0.05, 0) is 49.3 Å². The number of hydrogen-bond acceptors (Lipinski definition) is 3.